The number of hydrogen-bond acceptors (Lipinski definition) is 5. The molecule has 1 saturated heterocycles. The lowest BCUT2D eigenvalue weighted by Crippen LogP contribution is -2.27. The summed E-state index contributed by atoms with van der Waals surface area (Å²) in [7, 11) is 2.63. The van der Waals surface area contributed by atoms with Gasteiger partial charge in [0.05, 0.1) is 25.7 Å². The van der Waals surface area contributed by atoms with E-state index < -0.39 is 11.9 Å². The predicted molar refractivity (Wildman–Crippen MR) is 75.0 cm³/mol. The van der Waals surface area contributed by atoms with Crippen molar-refractivity contribution >= 4 is 23.5 Å². The maximum atomic E-state index is 12.1. The lowest BCUT2D eigenvalue weighted by Gasteiger charge is -2.19. The third-order valence-electron chi connectivity index (χ3n) is 3.57. The molecule has 1 atom stereocenters. The van der Waals surface area contributed by atoms with Gasteiger partial charge in [-0.3, -0.25) is 9.59 Å². The molecule has 1 aliphatic rings. The molecular weight excluding hydrogens is 274 g/mol. The number of nitrogens with zero attached hydrogens (tertiary/aromatic N) is 1. The van der Waals surface area contributed by atoms with Crippen LogP contribution in [-0.4, -0.2) is 38.6 Å². The van der Waals surface area contributed by atoms with E-state index in [1.165, 1.54) is 14.2 Å². The molecule has 1 fully saturated rings. The minimum atomic E-state index is -0.442. The summed E-state index contributed by atoms with van der Waals surface area (Å²) in [6.07, 6.45) is 0.144. The van der Waals surface area contributed by atoms with Crippen LogP contribution in [0, 0.1) is 12.8 Å². The van der Waals surface area contributed by atoms with Crippen LogP contribution >= 0.6 is 0 Å². The lowest BCUT2D eigenvalue weighted by atomic mass is 10.1. The molecule has 1 heterocycles. The van der Waals surface area contributed by atoms with E-state index in [2.05, 4.69) is 9.47 Å². The Hall–Kier alpha value is -2.37. The summed E-state index contributed by atoms with van der Waals surface area (Å²) in [6, 6.07) is 4.96. The van der Waals surface area contributed by atoms with Crippen LogP contribution in [-0.2, 0) is 19.1 Å². The molecule has 21 heavy (non-hydrogen) atoms. The van der Waals surface area contributed by atoms with Crippen LogP contribution in [0.25, 0.3) is 0 Å². The maximum absolute atomic E-state index is 12.1. The van der Waals surface area contributed by atoms with Gasteiger partial charge >= 0.3 is 11.9 Å². The summed E-state index contributed by atoms with van der Waals surface area (Å²) in [5, 5.41) is 0. The smallest absolute Gasteiger partial charge is 0.337 e. The van der Waals surface area contributed by atoms with Crippen LogP contribution in [0.3, 0.4) is 0 Å². The Bertz CT molecular complexity index is 596. The number of ether oxygens (including phenoxy) is 2. The van der Waals surface area contributed by atoms with Gasteiger partial charge in [-0.25, -0.2) is 4.79 Å². The van der Waals surface area contributed by atoms with E-state index in [1.807, 2.05) is 0 Å². The number of anilines is 1. The third-order valence-corrected chi connectivity index (χ3v) is 3.57. The van der Waals surface area contributed by atoms with E-state index >= 15 is 0 Å². The average Bonchev–Trinajstić information content (AvgIpc) is 2.87. The second kappa shape index (κ2) is 5.95. The van der Waals surface area contributed by atoms with Crippen LogP contribution in [0.4, 0.5) is 5.69 Å². The van der Waals surface area contributed by atoms with Crippen molar-refractivity contribution in [1.29, 1.82) is 0 Å². The molecule has 2 rings (SSSR count). The molecule has 0 saturated carbocycles. The minimum absolute atomic E-state index is 0.126. The van der Waals surface area contributed by atoms with Crippen LogP contribution in [0.15, 0.2) is 18.2 Å². The zero-order valence-corrected chi connectivity index (χ0v) is 12.2. The first kappa shape index (κ1) is 15.0. The highest BCUT2D eigenvalue weighted by atomic mass is 16.5. The quantitative estimate of drug-likeness (QED) is 0.785. The van der Waals surface area contributed by atoms with Crippen molar-refractivity contribution in [1.82, 2.24) is 0 Å². The first-order chi connectivity index (χ1) is 9.97. The molecule has 6 heteroatoms. The highest BCUT2D eigenvalue weighted by molar-refractivity contribution is 6.00. The van der Waals surface area contributed by atoms with Crippen molar-refractivity contribution in [3.8, 4) is 0 Å². The lowest BCUT2D eigenvalue weighted by molar-refractivity contribution is -0.145. The summed E-state index contributed by atoms with van der Waals surface area (Å²) in [5.41, 5.74) is 1.89. The van der Waals surface area contributed by atoms with Gasteiger partial charge in [-0.05, 0) is 30.7 Å². The zero-order chi connectivity index (χ0) is 15.6. The molecular formula is C15H17NO5. The average molecular weight is 291 g/mol. The fraction of sp³-hybridized carbons (Fsp3) is 0.400. The van der Waals surface area contributed by atoms with Crippen molar-refractivity contribution in [2.45, 2.75) is 13.3 Å². The van der Waals surface area contributed by atoms with Gasteiger partial charge in [-0.15, -0.1) is 0 Å². The highest BCUT2D eigenvalue weighted by Crippen LogP contribution is 2.29. The summed E-state index contributed by atoms with van der Waals surface area (Å²) in [5.74, 6) is -1.37. The molecule has 0 aliphatic carbocycles. The van der Waals surface area contributed by atoms with Crippen molar-refractivity contribution in [3.05, 3.63) is 29.3 Å². The summed E-state index contributed by atoms with van der Waals surface area (Å²) >= 11 is 0. The van der Waals surface area contributed by atoms with Gasteiger partial charge in [0.1, 0.15) is 0 Å². The maximum Gasteiger partial charge on any atom is 0.337 e. The summed E-state index contributed by atoms with van der Waals surface area (Å²) in [6.45, 7) is 2.10. The number of methoxy groups -OCH3 is 2. The number of amides is 1. The van der Waals surface area contributed by atoms with Gasteiger partial charge in [-0.1, -0.05) is 0 Å². The Morgan fingerprint density at radius 2 is 1.95 bits per heavy atom. The van der Waals surface area contributed by atoms with Gasteiger partial charge in [-0.2, -0.15) is 0 Å². The van der Waals surface area contributed by atoms with E-state index in [1.54, 1.807) is 30.0 Å². The molecule has 112 valence electrons. The molecule has 0 unspecified atom stereocenters. The molecule has 1 aromatic rings. The molecule has 0 N–H and O–H groups in total. The van der Waals surface area contributed by atoms with Gasteiger partial charge in [0.15, 0.2) is 0 Å². The van der Waals surface area contributed by atoms with Gasteiger partial charge < -0.3 is 14.4 Å². The summed E-state index contributed by atoms with van der Waals surface area (Å²) < 4.78 is 9.34. The number of benzene rings is 1. The Kier molecular flexibility index (Phi) is 4.26. The van der Waals surface area contributed by atoms with E-state index in [-0.39, 0.29) is 18.3 Å². The monoisotopic (exact) mass is 291 g/mol. The fourth-order valence-corrected chi connectivity index (χ4v) is 2.47. The largest absolute Gasteiger partial charge is 0.469 e. The van der Waals surface area contributed by atoms with Crippen molar-refractivity contribution in [2.24, 2.45) is 5.92 Å². The second-order valence-corrected chi connectivity index (χ2v) is 4.92. The normalized spacial score (nSPS) is 17.8. The highest BCUT2D eigenvalue weighted by Gasteiger charge is 2.36. The fourth-order valence-electron chi connectivity index (χ4n) is 2.47. The minimum Gasteiger partial charge on any atom is -0.469 e. The predicted octanol–water partition coefficient (Wildman–Crippen LogP) is 1.31. The van der Waals surface area contributed by atoms with Gasteiger partial charge in [0.2, 0.25) is 5.91 Å². The van der Waals surface area contributed by atoms with Gasteiger partial charge in [0, 0.05) is 18.7 Å². The molecule has 1 amide bonds. The van der Waals surface area contributed by atoms with Crippen molar-refractivity contribution in [2.75, 3.05) is 25.7 Å². The molecule has 6 nitrogen and oxygen atoms in total. The van der Waals surface area contributed by atoms with E-state index in [4.69, 9.17) is 0 Å². The topological polar surface area (TPSA) is 72.9 Å². The Morgan fingerprint density at radius 3 is 2.52 bits per heavy atom. The molecule has 0 aromatic heterocycles. The molecule has 0 spiro atoms. The van der Waals surface area contributed by atoms with Crippen LogP contribution in [0.2, 0.25) is 0 Å². The van der Waals surface area contributed by atoms with Crippen molar-refractivity contribution < 1.29 is 23.9 Å². The molecule has 1 aliphatic heterocycles. The van der Waals surface area contributed by atoms with E-state index in [0.717, 1.165) is 5.56 Å². The number of carbonyl (C=O) groups excluding carboxylic acids is 3. The zero-order valence-electron chi connectivity index (χ0n) is 12.2. The van der Waals surface area contributed by atoms with E-state index in [9.17, 15) is 14.4 Å². The van der Waals surface area contributed by atoms with Crippen LogP contribution in [0.1, 0.15) is 22.3 Å². The number of esters is 2. The van der Waals surface area contributed by atoms with Crippen molar-refractivity contribution in [3.63, 3.8) is 0 Å². The number of rotatable bonds is 3. The Balaban J connectivity index is 2.25. The second-order valence-electron chi connectivity index (χ2n) is 4.92. The Labute approximate surface area is 122 Å². The van der Waals surface area contributed by atoms with Crippen LogP contribution in [0.5, 0.6) is 0 Å². The standard InChI is InChI=1S/C15H17NO5/c1-9-6-10(14(18)20-2)4-5-12(9)16-8-11(7-13(16)17)15(19)21-3/h4-6,11H,7-8H2,1-3H3/t11-/m0/s1. The van der Waals surface area contributed by atoms with Crippen LogP contribution < -0.4 is 4.90 Å². The summed E-state index contributed by atoms with van der Waals surface area (Å²) in [4.78, 5) is 36.6. The number of hydrogen-bond donors (Lipinski definition) is 0. The first-order valence-electron chi connectivity index (χ1n) is 6.55. The first-order valence-corrected chi connectivity index (χ1v) is 6.55. The molecule has 0 bridgehead atoms. The van der Waals surface area contributed by atoms with Gasteiger partial charge in [0.25, 0.3) is 0 Å². The Morgan fingerprint density at radius 1 is 1.24 bits per heavy atom. The van der Waals surface area contributed by atoms with E-state index in [0.29, 0.717) is 17.8 Å². The molecule has 1 aromatic carbocycles. The molecule has 0 radical (unpaired) electrons. The number of carbonyl (C=O) groups is 3. The SMILES string of the molecule is COC(=O)c1ccc(N2C[C@@H](C(=O)OC)CC2=O)c(C)c1. The third kappa shape index (κ3) is 2.89. The number of aryl methyl sites for hydroxylation is 1.